The molecule has 0 aromatic carbocycles. The zero-order chi connectivity index (χ0) is 21.3. The Labute approximate surface area is 146 Å². The average Bonchev–Trinajstić information content (AvgIpc) is 2.49. The monoisotopic (exact) mass is 383 g/mol. The summed E-state index contributed by atoms with van der Waals surface area (Å²) >= 11 is 0. The lowest BCUT2D eigenvalue weighted by molar-refractivity contribution is -0.143. The van der Waals surface area contributed by atoms with Crippen LogP contribution in [0.3, 0.4) is 0 Å². The van der Waals surface area contributed by atoms with Crippen LogP contribution in [0.4, 0.5) is 0 Å². The van der Waals surface area contributed by atoms with Gasteiger partial charge >= 0.3 is 35.8 Å². The zero-order valence-electron chi connectivity index (χ0n) is 13.5. The van der Waals surface area contributed by atoms with Crippen molar-refractivity contribution in [3.8, 4) is 0 Å². The molecule has 8 N–H and O–H groups in total. The third-order valence-corrected chi connectivity index (χ3v) is 2.09. The Kier molecular flexibility index (Phi) is 17.7. The van der Waals surface area contributed by atoms with Gasteiger partial charge in [-0.05, 0) is 6.42 Å². The highest BCUT2D eigenvalue weighted by Crippen LogP contribution is 1.93. The van der Waals surface area contributed by atoms with Gasteiger partial charge in [-0.15, -0.1) is 0 Å². The smallest absolute Gasteiger partial charge is 0.320 e. The molecule has 150 valence electrons. The minimum absolute atomic E-state index is 0.0231. The maximum absolute atomic E-state index is 9.99. The molecule has 0 heterocycles. The topological polar surface area (TPSA) is 250 Å². The second-order valence-corrected chi connectivity index (χ2v) is 4.45. The molecular formula is C13H21NO12. The molecule has 0 bridgehead atoms. The lowest BCUT2D eigenvalue weighted by Gasteiger charge is -2.01. The molecule has 0 fully saturated rings. The van der Waals surface area contributed by atoms with Gasteiger partial charge < -0.3 is 36.4 Å². The van der Waals surface area contributed by atoms with Crippen LogP contribution in [0, 0.1) is 0 Å². The minimum Gasteiger partial charge on any atom is -0.481 e. The zero-order valence-corrected chi connectivity index (χ0v) is 13.5. The lowest BCUT2D eigenvalue weighted by atomic mass is 10.2. The minimum atomic E-state index is -1.17. The van der Waals surface area contributed by atoms with Gasteiger partial charge in [0.15, 0.2) is 0 Å². The second-order valence-electron chi connectivity index (χ2n) is 4.45. The number of carboxylic acids is 6. The summed E-state index contributed by atoms with van der Waals surface area (Å²) in [6.07, 6.45) is -1.41. The molecule has 0 aliphatic heterocycles. The Bertz CT molecular complexity index is 445. The van der Waals surface area contributed by atoms with Gasteiger partial charge in [0.25, 0.3) is 0 Å². The van der Waals surface area contributed by atoms with Crippen LogP contribution >= 0.6 is 0 Å². The fourth-order valence-electron chi connectivity index (χ4n) is 0.830. The van der Waals surface area contributed by atoms with Gasteiger partial charge in [-0.3, -0.25) is 28.8 Å². The maximum Gasteiger partial charge on any atom is 0.320 e. The predicted molar refractivity (Wildman–Crippen MR) is 81.5 cm³/mol. The molecule has 0 aliphatic rings. The largest absolute Gasteiger partial charge is 0.481 e. The number of carbonyl (C=O) groups is 6. The van der Waals surface area contributed by atoms with E-state index in [0.717, 1.165) is 0 Å². The van der Waals surface area contributed by atoms with Gasteiger partial charge in [-0.2, -0.15) is 0 Å². The van der Waals surface area contributed by atoms with E-state index >= 15 is 0 Å². The van der Waals surface area contributed by atoms with E-state index in [4.69, 9.17) is 36.4 Å². The summed E-state index contributed by atoms with van der Waals surface area (Å²) in [6.45, 7) is 0. The molecule has 0 aromatic heterocycles. The van der Waals surface area contributed by atoms with Crippen LogP contribution in [-0.2, 0) is 28.8 Å². The van der Waals surface area contributed by atoms with Gasteiger partial charge in [-0.1, -0.05) is 0 Å². The Morgan fingerprint density at radius 2 is 0.769 bits per heavy atom. The first-order valence-corrected chi connectivity index (χ1v) is 6.86. The van der Waals surface area contributed by atoms with Crippen LogP contribution in [0.1, 0.15) is 38.5 Å². The predicted octanol–water partition coefficient (Wildman–Crippen LogP) is -0.865. The first kappa shape index (κ1) is 27.6. The SMILES string of the molecule is NC(CCC(=O)O)C(=O)O.O=C(O)CCC(=O)O.O=C(O)CCC(=O)O. The first-order valence-electron chi connectivity index (χ1n) is 6.86. The van der Waals surface area contributed by atoms with Crippen molar-refractivity contribution in [1.82, 2.24) is 0 Å². The van der Waals surface area contributed by atoms with Crippen molar-refractivity contribution in [1.29, 1.82) is 0 Å². The standard InChI is InChI=1S/C5H9NO4.2C4H6O4/c6-3(5(9)10)1-2-4(7)8;2*5-3(6)1-2-4(7)8/h3H,1-2,6H2,(H,7,8)(H,9,10);2*1-2H2,(H,5,6)(H,7,8). The lowest BCUT2D eigenvalue weighted by Crippen LogP contribution is -2.30. The summed E-state index contributed by atoms with van der Waals surface area (Å²) in [5, 5.41) is 47.9. The fraction of sp³-hybridized carbons (Fsp3) is 0.538. The number of hydrogen-bond donors (Lipinski definition) is 7. The van der Waals surface area contributed by atoms with Crippen molar-refractivity contribution in [2.75, 3.05) is 0 Å². The molecule has 0 aliphatic carbocycles. The van der Waals surface area contributed by atoms with Crippen molar-refractivity contribution in [3.63, 3.8) is 0 Å². The summed E-state index contributed by atoms with van der Waals surface area (Å²) in [7, 11) is 0. The van der Waals surface area contributed by atoms with Crippen LogP contribution in [0.25, 0.3) is 0 Å². The Balaban J connectivity index is -0.000000308. The van der Waals surface area contributed by atoms with Gasteiger partial charge in [0.1, 0.15) is 6.04 Å². The van der Waals surface area contributed by atoms with E-state index in [9.17, 15) is 28.8 Å². The fourth-order valence-corrected chi connectivity index (χ4v) is 0.830. The Hall–Kier alpha value is -3.22. The second kappa shape index (κ2) is 16.6. The van der Waals surface area contributed by atoms with Gasteiger partial charge in [0.2, 0.25) is 0 Å². The van der Waals surface area contributed by atoms with Crippen molar-refractivity contribution in [2.24, 2.45) is 5.73 Å². The number of hydrogen-bond acceptors (Lipinski definition) is 7. The highest BCUT2D eigenvalue weighted by Gasteiger charge is 2.12. The quantitative estimate of drug-likeness (QED) is 0.242. The van der Waals surface area contributed by atoms with Crippen molar-refractivity contribution < 1.29 is 59.4 Å². The molecule has 0 rings (SSSR count). The summed E-state index contributed by atoms with van der Waals surface area (Å²) in [5.41, 5.74) is 5.00. The third-order valence-electron chi connectivity index (χ3n) is 2.09. The Morgan fingerprint density at radius 3 is 0.923 bits per heavy atom. The van der Waals surface area contributed by atoms with E-state index in [1.54, 1.807) is 0 Å². The van der Waals surface area contributed by atoms with E-state index < -0.39 is 41.9 Å². The van der Waals surface area contributed by atoms with E-state index in [1.165, 1.54) is 0 Å². The molecule has 0 saturated carbocycles. The summed E-state index contributed by atoms with van der Waals surface area (Å²) in [6, 6.07) is -1.06. The molecule has 1 unspecified atom stereocenters. The normalized spacial score (nSPS) is 10.0. The molecule has 0 spiro atoms. The molecule has 13 heteroatoms. The van der Waals surface area contributed by atoms with E-state index in [1.807, 2.05) is 0 Å². The van der Waals surface area contributed by atoms with Crippen LogP contribution in [-0.4, -0.2) is 72.5 Å². The number of rotatable bonds is 10. The molecule has 1 atom stereocenters. The highest BCUT2D eigenvalue weighted by atomic mass is 16.4. The Morgan fingerprint density at radius 1 is 0.538 bits per heavy atom. The number of nitrogens with two attached hydrogens (primary N) is 1. The molecule has 0 saturated heterocycles. The van der Waals surface area contributed by atoms with Crippen molar-refractivity contribution in [2.45, 2.75) is 44.6 Å². The van der Waals surface area contributed by atoms with E-state index in [2.05, 4.69) is 0 Å². The first-order chi connectivity index (χ1) is 11.8. The molecule has 0 radical (unpaired) electrons. The van der Waals surface area contributed by atoms with Crippen molar-refractivity contribution in [3.05, 3.63) is 0 Å². The van der Waals surface area contributed by atoms with E-state index in [0.29, 0.717) is 0 Å². The highest BCUT2D eigenvalue weighted by molar-refractivity contribution is 5.76. The van der Waals surface area contributed by atoms with Gasteiger partial charge in [0, 0.05) is 6.42 Å². The molecule has 13 nitrogen and oxygen atoms in total. The van der Waals surface area contributed by atoms with Gasteiger partial charge in [-0.25, -0.2) is 0 Å². The van der Waals surface area contributed by atoms with Gasteiger partial charge in [0.05, 0.1) is 25.7 Å². The van der Waals surface area contributed by atoms with E-state index in [-0.39, 0.29) is 38.5 Å². The summed E-state index contributed by atoms with van der Waals surface area (Å²) in [4.78, 5) is 58.4. The van der Waals surface area contributed by atoms with Crippen LogP contribution in [0.15, 0.2) is 0 Å². The third kappa shape index (κ3) is 32.7. The van der Waals surface area contributed by atoms with Crippen LogP contribution in [0.2, 0.25) is 0 Å². The van der Waals surface area contributed by atoms with Crippen LogP contribution < -0.4 is 5.73 Å². The number of aliphatic carboxylic acids is 6. The molecule has 26 heavy (non-hydrogen) atoms. The van der Waals surface area contributed by atoms with Crippen molar-refractivity contribution >= 4 is 35.8 Å². The summed E-state index contributed by atoms with van der Waals surface area (Å²) in [5.74, 6) is -6.50. The molecule has 0 aromatic rings. The average molecular weight is 383 g/mol. The van der Waals surface area contributed by atoms with Crippen LogP contribution in [0.5, 0.6) is 0 Å². The maximum atomic E-state index is 9.99. The summed E-state index contributed by atoms with van der Waals surface area (Å²) < 4.78 is 0. The molecular weight excluding hydrogens is 362 g/mol. The number of carboxylic acid groups (broad SMARTS) is 6. The molecule has 0 amide bonds.